The Morgan fingerprint density at radius 3 is 2.85 bits per heavy atom. The molecule has 132 valence electrons. The molecule has 0 fully saturated rings. The molecule has 0 saturated heterocycles. The van der Waals surface area contributed by atoms with Crippen LogP contribution >= 0.6 is 11.3 Å². The average Bonchev–Trinajstić information content (AvgIpc) is 3.32. The van der Waals surface area contributed by atoms with Crippen LogP contribution in [0.3, 0.4) is 0 Å². The van der Waals surface area contributed by atoms with Crippen molar-refractivity contribution in [3.05, 3.63) is 78.8 Å². The van der Waals surface area contributed by atoms with Crippen LogP contribution < -0.4 is 5.32 Å². The number of nitrogens with one attached hydrogen (secondary N) is 1. The number of pyridine rings is 1. The van der Waals surface area contributed by atoms with Crippen LogP contribution in [0, 0.1) is 0 Å². The third-order valence-corrected chi connectivity index (χ3v) is 5.62. The first-order valence-corrected chi connectivity index (χ1v) is 9.65. The predicted molar refractivity (Wildman–Crippen MR) is 110 cm³/mol. The quantitative estimate of drug-likeness (QED) is 0.488. The molecule has 4 aromatic heterocycles. The summed E-state index contributed by atoms with van der Waals surface area (Å²) in [6.07, 6.45) is 6.49. The molecule has 4 heterocycles. The van der Waals surface area contributed by atoms with E-state index in [-0.39, 0.29) is 0 Å². The molecule has 0 bridgehead atoms. The van der Waals surface area contributed by atoms with Crippen LogP contribution in [0.1, 0.15) is 5.56 Å². The molecule has 27 heavy (non-hydrogen) atoms. The van der Waals surface area contributed by atoms with Crippen molar-refractivity contribution in [2.75, 3.05) is 11.9 Å². The highest BCUT2D eigenvalue weighted by Gasteiger charge is 2.11. The molecule has 1 N–H and O–H groups in total. The van der Waals surface area contributed by atoms with Gasteiger partial charge in [0.05, 0.1) is 11.1 Å². The van der Waals surface area contributed by atoms with Crippen LogP contribution in [-0.2, 0) is 6.42 Å². The summed E-state index contributed by atoms with van der Waals surface area (Å²) in [5.41, 5.74) is 3.07. The van der Waals surface area contributed by atoms with Crippen molar-refractivity contribution in [1.29, 1.82) is 0 Å². The molecule has 0 radical (unpaired) electrons. The van der Waals surface area contributed by atoms with Crippen LogP contribution in [0.5, 0.6) is 0 Å². The molecule has 0 amide bonds. The first kappa shape index (κ1) is 16.0. The third-order valence-electron chi connectivity index (χ3n) is 4.48. The van der Waals surface area contributed by atoms with Gasteiger partial charge in [-0.05, 0) is 47.7 Å². The molecule has 0 unspecified atom stereocenters. The summed E-state index contributed by atoms with van der Waals surface area (Å²) in [5, 5.41) is 9.39. The van der Waals surface area contributed by atoms with E-state index in [0.717, 1.165) is 30.1 Å². The number of rotatable bonds is 5. The average molecular weight is 371 g/mol. The molecule has 0 atom stereocenters. The number of fused-ring (bicyclic) bond motifs is 2. The lowest BCUT2D eigenvalue weighted by molar-refractivity contribution is 0.919. The van der Waals surface area contributed by atoms with Crippen molar-refractivity contribution in [3.8, 4) is 10.6 Å². The highest BCUT2D eigenvalue weighted by Crippen LogP contribution is 2.33. The lowest BCUT2D eigenvalue weighted by Gasteiger charge is -2.06. The van der Waals surface area contributed by atoms with Crippen molar-refractivity contribution in [2.24, 2.45) is 0 Å². The molecule has 0 aliphatic heterocycles. The molecular weight excluding hydrogens is 354 g/mol. The first-order valence-electron chi connectivity index (χ1n) is 8.83. The van der Waals surface area contributed by atoms with E-state index in [4.69, 9.17) is 5.10 Å². The van der Waals surface area contributed by atoms with Gasteiger partial charge in [-0.3, -0.25) is 4.98 Å². The Kier molecular flexibility index (Phi) is 4.03. The summed E-state index contributed by atoms with van der Waals surface area (Å²) < 4.78 is 3.19. The van der Waals surface area contributed by atoms with Gasteiger partial charge in [0, 0.05) is 23.6 Å². The Morgan fingerprint density at radius 1 is 1.00 bits per heavy atom. The van der Waals surface area contributed by atoms with Crippen LogP contribution in [0.2, 0.25) is 0 Å². The Bertz CT molecular complexity index is 1180. The fourth-order valence-corrected chi connectivity index (χ4v) is 4.18. The second kappa shape index (κ2) is 6.81. The minimum atomic E-state index is 0.803. The molecule has 5 rings (SSSR count). The maximum Gasteiger partial charge on any atom is 0.154 e. The normalized spacial score (nSPS) is 11.3. The van der Waals surface area contributed by atoms with Crippen molar-refractivity contribution in [3.63, 3.8) is 0 Å². The van der Waals surface area contributed by atoms with E-state index in [1.807, 2.05) is 35.1 Å². The number of anilines is 1. The highest BCUT2D eigenvalue weighted by atomic mass is 32.1. The Balaban J connectivity index is 1.42. The fraction of sp³-hybridized carbons (Fsp3) is 0.0952. The summed E-state index contributed by atoms with van der Waals surface area (Å²) in [6.45, 7) is 0.803. The van der Waals surface area contributed by atoms with Gasteiger partial charge >= 0.3 is 0 Å². The Hall–Kier alpha value is -3.25. The smallest absolute Gasteiger partial charge is 0.154 e. The molecule has 1 aromatic carbocycles. The van der Waals surface area contributed by atoms with Gasteiger partial charge in [0.25, 0.3) is 0 Å². The predicted octanol–water partition coefficient (Wildman–Crippen LogP) is 4.66. The van der Waals surface area contributed by atoms with Gasteiger partial charge in [0.2, 0.25) is 0 Å². The summed E-state index contributed by atoms with van der Waals surface area (Å²) in [5.74, 6) is 0.840. The molecule has 0 spiro atoms. The molecule has 5 nitrogen and oxygen atoms in total. The van der Waals surface area contributed by atoms with Gasteiger partial charge in [-0.25, -0.2) is 9.50 Å². The SMILES string of the molecule is c1cncc(CCNc2ccc3ncc(-c4cc5ccccc5s4)n3n2)c1. The minimum Gasteiger partial charge on any atom is -0.368 e. The highest BCUT2D eigenvalue weighted by molar-refractivity contribution is 7.22. The second-order valence-electron chi connectivity index (χ2n) is 6.32. The third kappa shape index (κ3) is 3.15. The lowest BCUT2D eigenvalue weighted by Crippen LogP contribution is -2.08. The Morgan fingerprint density at radius 2 is 1.96 bits per heavy atom. The second-order valence-corrected chi connectivity index (χ2v) is 7.40. The fourth-order valence-electron chi connectivity index (χ4n) is 3.12. The van der Waals surface area contributed by atoms with Gasteiger partial charge < -0.3 is 5.32 Å². The maximum atomic E-state index is 4.75. The number of aromatic nitrogens is 4. The summed E-state index contributed by atoms with van der Waals surface area (Å²) >= 11 is 1.76. The maximum absolute atomic E-state index is 4.75. The van der Waals surface area contributed by atoms with Crippen LogP contribution in [0.15, 0.2) is 73.2 Å². The minimum absolute atomic E-state index is 0.803. The lowest BCUT2D eigenvalue weighted by atomic mass is 10.2. The van der Waals surface area contributed by atoms with Gasteiger partial charge in [-0.15, -0.1) is 16.4 Å². The number of benzene rings is 1. The number of hydrogen-bond donors (Lipinski definition) is 1. The van der Waals surface area contributed by atoms with Gasteiger partial charge in [-0.1, -0.05) is 24.3 Å². The van der Waals surface area contributed by atoms with Crippen molar-refractivity contribution in [1.82, 2.24) is 19.6 Å². The van der Waals surface area contributed by atoms with Crippen molar-refractivity contribution in [2.45, 2.75) is 6.42 Å². The number of hydrogen-bond acceptors (Lipinski definition) is 5. The molecule has 0 aliphatic rings. The van der Waals surface area contributed by atoms with E-state index < -0.39 is 0 Å². The van der Waals surface area contributed by atoms with Crippen LogP contribution in [0.4, 0.5) is 5.82 Å². The number of imidazole rings is 1. The largest absolute Gasteiger partial charge is 0.368 e. The van der Waals surface area contributed by atoms with E-state index in [1.54, 1.807) is 17.5 Å². The summed E-state index contributed by atoms with van der Waals surface area (Å²) in [4.78, 5) is 9.83. The van der Waals surface area contributed by atoms with E-state index in [2.05, 4.69) is 51.7 Å². The van der Waals surface area contributed by atoms with Crippen LogP contribution in [-0.4, -0.2) is 26.1 Å². The summed E-state index contributed by atoms with van der Waals surface area (Å²) in [7, 11) is 0. The molecule has 0 saturated carbocycles. The van der Waals surface area contributed by atoms with Crippen molar-refractivity contribution >= 4 is 32.9 Å². The van der Waals surface area contributed by atoms with Crippen molar-refractivity contribution < 1.29 is 0 Å². The first-order chi connectivity index (χ1) is 13.4. The number of nitrogens with zero attached hydrogens (tertiary/aromatic N) is 4. The van der Waals surface area contributed by atoms with E-state index in [0.29, 0.717) is 0 Å². The van der Waals surface area contributed by atoms with E-state index in [1.165, 1.54) is 20.5 Å². The zero-order valence-electron chi connectivity index (χ0n) is 14.5. The monoisotopic (exact) mass is 371 g/mol. The number of thiophene rings is 1. The molecule has 6 heteroatoms. The van der Waals surface area contributed by atoms with Gasteiger partial charge in [0.15, 0.2) is 5.65 Å². The van der Waals surface area contributed by atoms with Gasteiger partial charge in [0.1, 0.15) is 11.5 Å². The van der Waals surface area contributed by atoms with E-state index >= 15 is 0 Å². The molecular formula is C21H17N5S. The van der Waals surface area contributed by atoms with Gasteiger partial charge in [-0.2, -0.15) is 0 Å². The van der Waals surface area contributed by atoms with Crippen LogP contribution in [0.25, 0.3) is 26.3 Å². The standard InChI is InChI=1S/C21H17N5S/c1-2-6-18-16(5-1)12-19(27-18)17-14-24-21-8-7-20(25-26(17)21)23-11-9-15-4-3-10-22-13-15/h1-8,10,12-14H,9,11H2,(H,23,25). The van der Waals surface area contributed by atoms with E-state index in [9.17, 15) is 0 Å². The Labute approximate surface area is 160 Å². The molecule has 0 aliphatic carbocycles. The zero-order chi connectivity index (χ0) is 18.1. The molecule has 5 aromatic rings. The zero-order valence-corrected chi connectivity index (χ0v) is 15.4. The topological polar surface area (TPSA) is 55.1 Å². The summed E-state index contributed by atoms with van der Waals surface area (Å²) in [6, 6.07) is 18.6.